The number of carbonyl (C=O) groups is 3. The maximum atomic E-state index is 11.2. The van der Waals surface area contributed by atoms with Crippen molar-refractivity contribution in [3.8, 4) is 0 Å². The van der Waals surface area contributed by atoms with Crippen LogP contribution in [0, 0.1) is 0 Å². The van der Waals surface area contributed by atoms with Crippen molar-refractivity contribution in [2.75, 3.05) is 6.61 Å². The van der Waals surface area contributed by atoms with Crippen LogP contribution in [0.25, 0.3) is 0 Å². The predicted octanol–water partition coefficient (Wildman–Crippen LogP) is 1.11. The Morgan fingerprint density at radius 2 is 2.10 bits per heavy atom. The van der Waals surface area contributed by atoms with E-state index in [-0.39, 0.29) is 23.5 Å². The maximum Gasteiger partial charge on any atom is 0.337 e. The van der Waals surface area contributed by atoms with E-state index in [9.17, 15) is 19.5 Å². The minimum Gasteiger partial charge on any atom is -0.479 e. The third kappa shape index (κ3) is 4.17. The van der Waals surface area contributed by atoms with Gasteiger partial charge in [-0.05, 0) is 18.9 Å². The lowest BCUT2D eigenvalue weighted by Gasteiger charge is -2.11. The highest BCUT2D eigenvalue weighted by Gasteiger charge is 2.20. The lowest BCUT2D eigenvalue weighted by atomic mass is 9.98. The second-order valence-electron chi connectivity index (χ2n) is 4.13. The average Bonchev–Trinajstić information content (AvgIpc) is 2.44. The molecule has 1 aromatic carbocycles. The van der Waals surface area contributed by atoms with E-state index in [1.54, 1.807) is 13.0 Å². The first-order chi connectivity index (χ1) is 9.49. The normalized spacial score (nSPS) is 11.7. The van der Waals surface area contributed by atoms with Gasteiger partial charge in [0.2, 0.25) is 0 Å². The summed E-state index contributed by atoms with van der Waals surface area (Å²) < 4.78 is 4.79. The van der Waals surface area contributed by atoms with Gasteiger partial charge in [-0.3, -0.25) is 9.59 Å². The highest BCUT2D eigenvalue weighted by Crippen LogP contribution is 2.20. The van der Waals surface area contributed by atoms with E-state index in [4.69, 9.17) is 9.84 Å². The molecule has 1 atom stereocenters. The van der Waals surface area contributed by atoms with Crippen molar-refractivity contribution in [2.45, 2.75) is 25.9 Å². The number of aliphatic hydroxyl groups is 1. The Bertz CT molecular complexity index is 508. The van der Waals surface area contributed by atoms with Gasteiger partial charge in [0.25, 0.3) is 0 Å². The number of benzene rings is 1. The van der Waals surface area contributed by atoms with Gasteiger partial charge in [0.05, 0.1) is 6.61 Å². The van der Waals surface area contributed by atoms with Crippen LogP contribution in [-0.4, -0.2) is 35.0 Å². The van der Waals surface area contributed by atoms with E-state index in [0.717, 1.165) is 0 Å². The Labute approximate surface area is 116 Å². The summed E-state index contributed by atoms with van der Waals surface area (Å²) >= 11 is 0. The molecule has 0 aliphatic rings. The van der Waals surface area contributed by atoms with E-state index in [2.05, 4.69) is 0 Å². The zero-order chi connectivity index (χ0) is 15.1. The van der Waals surface area contributed by atoms with Gasteiger partial charge in [0.1, 0.15) is 6.29 Å². The molecule has 0 spiro atoms. The minimum atomic E-state index is -1.77. The van der Waals surface area contributed by atoms with Gasteiger partial charge in [-0.15, -0.1) is 0 Å². The number of carbonyl (C=O) groups excluding carboxylic acids is 2. The number of hydrogen-bond acceptors (Lipinski definition) is 5. The summed E-state index contributed by atoms with van der Waals surface area (Å²) in [4.78, 5) is 32.9. The first-order valence-electron chi connectivity index (χ1n) is 6.14. The number of hydrogen-bond donors (Lipinski definition) is 2. The molecule has 0 aliphatic heterocycles. The topological polar surface area (TPSA) is 101 Å². The van der Waals surface area contributed by atoms with Gasteiger partial charge in [-0.1, -0.05) is 18.2 Å². The molecule has 0 heterocycles. The summed E-state index contributed by atoms with van der Waals surface area (Å²) in [7, 11) is 0. The first kappa shape index (κ1) is 15.8. The number of aliphatic hydroxyl groups excluding tert-OH is 1. The van der Waals surface area contributed by atoms with E-state index in [1.807, 2.05) is 0 Å². The third-order valence-corrected chi connectivity index (χ3v) is 2.73. The van der Waals surface area contributed by atoms with Crippen molar-refractivity contribution in [1.82, 2.24) is 0 Å². The summed E-state index contributed by atoms with van der Waals surface area (Å²) in [6.07, 6.45) is -0.789. The van der Waals surface area contributed by atoms with Gasteiger partial charge >= 0.3 is 11.9 Å². The van der Waals surface area contributed by atoms with Gasteiger partial charge in [-0.25, -0.2) is 4.79 Å². The highest BCUT2D eigenvalue weighted by atomic mass is 16.5. The van der Waals surface area contributed by atoms with Crippen molar-refractivity contribution in [3.05, 3.63) is 34.9 Å². The largest absolute Gasteiger partial charge is 0.479 e. The molecule has 2 N–H and O–H groups in total. The number of carboxylic acids is 1. The van der Waals surface area contributed by atoms with E-state index in [0.29, 0.717) is 24.9 Å². The minimum absolute atomic E-state index is 0.0221. The molecular formula is C14H16O6. The van der Waals surface area contributed by atoms with Crippen LogP contribution in [0.15, 0.2) is 18.2 Å². The Morgan fingerprint density at radius 3 is 2.65 bits per heavy atom. The maximum absolute atomic E-state index is 11.2. The van der Waals surface area contributed by atoms with Crippen LogP contribution in [0.3, 0.4) is 0 Å². The zero-order valence-electron chi connectivity index (χ0n) is 11.0. The van der Waals surface area contributed by atoms with E-state index >= 15 is 0 Å². The van der Waals surface area contributed by atoms with Crippen LogP contribution in [0.4, 0.5) is 0 Å². The Kier molecular flexibility index (Phi) is 5.86. The van der Waals surface area contributed by atoms with Crippen LogP contribution in [0.5, 0.6) is 0 Å². The summed E-state index contributed by atoms with van der Waals surface area (Å²) in [5, 5.41) is 18.3. The SMILES string of the molecule is CCOC(=O)CCc1ccc(C=O)c(C(O)C(=O)O)c1. The second-order valence-corrected chi connectivity index (χ2v) is 4.13. The Morgan fingerprint density at radius 1 is 1.40 bits per heavy atom. The molecule has 1 aromatic rings. The molecule has 20 heavy (non-hydrogen) atoms. The summed E-state index contributed by atoms with van der Waals surface area (Å²) in [5.41, 5.74) is 0.785. The smallest absolute Gasteiger partial charge is 0.337 e. The molecule has 1 unspecified atom stereocenters. The van der Waals surface area contributed by atoms with Crippen LogP contribution in [-0.2, 0) is 20.7 Å². The van der Waals surface area contributed by atoms with Gasteiger partial charge in [0, 0.05) is 17.5 Å². The summed E-state index contributed by atoms with van der Waals surface area (Å²) in [6, 6.07) is 4.46. The van der Waals surface area contributed by atoms with E-state index < -0.39 is 12.1 Å². The molecule has 6 heteroatoms. The Balaban J connectivity index is 2.89. The molecule has 0 fully saturated rings. The number of aryl methyl sites for hydroxylation is 1. The number of carboxylic acid groups (broad SMARTS) is 1. The van der Waals surface area contributed by atoms with Crippen LogP contribution in [0.2, 0.25) is 0 Å². The Hall–Kier alpha value is -2.21. The standard InChI is InChI=1S/C14H16O6/c1-2-20-12(16)6-4-9-3-5-10(8-15)11(7-9)13(17)14(18)19/h3,5,7-8,13,17H,2,4,6H2,1H3,(H,18,19). The van der Waals surface area contributed by atoms with Gasteiger partial charge in [0.15, 0.2) is 6.10 Å². The molecular weight excluding hydrogens is 264 g/mol. The molecule has 0 radical (unpaired) electrons. The number of esters is 1. The molecule has 108 valence electrons. The number of aliphatic carboxylic acids is 1. The number of ether oxygens (including phenoxy) is 1. The lowest BCUT2D eigenvalue weighted by molar-refractivity contribution is -0.147. The molecule has 1 rings (SSSR count). The molecule has 0 aliphatic carbocycles. The second kappa shape index (κ2) is 7.40. The molecule has 6 nitrogen and oxygen atoms in total. The van der Waals surface area contributed by atoms with Crippen molar-refractivity contribution < 1.29 is 29.3 Å². The zero-order valence-corrected chi connectivity index (χ0v) is 11.0. The van der Waals surface area contributed by atoms with Crippen molar-refractivity contribution in [1.29, 1.82) is 0 Å². The summed E-state index contributed by atoms with van der Waals surface area (Å²) in [5.74, 6) is -1.79. The van der Waals surface area contributed by atoms with Crippen LogP contribution >= 0.6 is 0 Å². The third-order valence-electron chi connectivity index (χ3n) is 2.73. The van der Waals surface area contributed by atoms with Crippen molar-refractivity contribution in [3.63, 3.8) is 0 Å². The molecule has 0 aromatic heterocycles. The number of aldehydes is 1. The predicted molar refractivity (Wildman–Crippen MR) is 69.4 cm³/mol. The quantitative estimate of drug-likeness (QED) is 0.573. The molecule has 0 saturated heterocycles. The van der Waals surface area contributed by atoms with Crippen LogP contribution < -0.4 is 0 Å². The molecule has 0 amide bonds. The van der Waals surface area contributed by atoms with Crippen molar-refractivity contribution >= 4 is 18.2 Å². The number of rotatable bonds is 7. The monoisotopic (exact) mass is 280 g/mol. The highest BCUT2D eigenvalue weighted by molar-refractivity contribution is 5.83. The summed E-state index contributed by atoms with van der Waals surface area (Å²) in [6.45, 7) is 2.00. The van der Waals surface area contributed by atoms with Crippen molar-refractivity contribution in [2.24, 2.45) is 0 Å². The van der Waals surface area contributed by atoms with Gasteiger partial charge < -0.3 is 14.9 Å². The van der Waals surface area contributed by atoms with Crippen LogP contribution in [0.1, 0.15) is 40.9 Å². The fourth-order valence-corrected chi connectivity index (χ4v) is 1.74. The van der Waals surface area contributed by atoms with Gasteiger partial charge in [-0.2, -0.15) is 0 Å². The fraction of sp³-hybridized carbons (Fsp3) is 0.357. The average molecular weight is 280 g/mol. The lowest BCUT2D eigenvalue weighted by Crippen LogP contribution is -2.13. The molecule has 0 saturated carbocycles. The first-order valence-corrected chi connectivity index (χ1v) is 6.14. The fourth-order valence-electron chi connectivity index (χ4n) is 1.74. The van der Waals surface area contributed by atoms with E-state index in [1.165, 1.54) is 12.1 Å². The molecule has 0 bridgehead atoms.